The van der Waals surface area contributed by atoms with Gasteiger partial charge in [0.2, 0.25) is 10.0 Å². The SMILES string of the molecule is CCC(COC)NS(=O)(=O)c1ccc(CC(N)=S)cc1. The molecule has 0 saturated carbocycles. The van der Waals surface area contributed by atoms with Crippen LogP contribution in [-0.4, -0.2) is 33.2 Å². The van der Waals surface area contributed by atoms with Crippen molar-refractivity contribution >= 4 is 27.2 Å². The van der Waals surface area contributed by atoms with Crippen molar-refractivity contribution in [2.24, 2.45) is 5.73 Å². The van der Waals surface area contributed by atoms with Crippen molar-refractivity contribution in [3.05, 3.63) is 29.8 Å². The lowest BCUT2D eigenvalue weighted by atomic mass is 10.1. The molecule has 20 heavy (non-hydrogen) atoms. The van der Waals surface area contributed by atoms with Gasteiger partial charge in [-0.2, -0.15) is 0 Å². The molecule has 1 atom stereocenters. The smallest absolute Gasteiger partial charge is 0.240 e. The maximum Gasteiger partial charge on any atom is 0.240 e. The number of rotatable bonds is 8. The second-order valence-corrected chi connectivity index (χ2v) is 6.71. The van der Waals surface area contributed by atoms with Gasteiger partial charge >= 0.3 is 0 Å². The molecule has 0 radical (unpaired) electrons. The summed E-state index contributed by atoms with van der Waals surface area (Å²) >= 11 is 4.82. The van der Waals surface area contributed by atoms with E-state index in [1.54, 1.807) is 31.4 Å². The van der Waals surface area contributed by atoms with Gasteiger partial charge in [-0.15, -0.1) is 0 Å². The largest absolute Gasteiger partial charge is 0.393 e. The molecule has 3 N–H and O–H groups in total. The predicted octanol–water partition coefficient (Wildman–Crippen LogP) is 1.22. The molecule has 0 aromatic heterocycles. The number of nitrogens with two attached hydrogens (primary N) is 1. The number of thiocarbonyl (C=S) groups is 1. The molecule has 0 fully saturated rings. The summed E-state index contributed by atoms with van der Waals surface area (Å²) in [5.41, 5.74) is 6.34. The minimum absolute atomic E-state index is 0.221. The average Bonchev–Trinajstić information content (AvgIpc) is 2.38. The van der Waals surface area contributed by atoms with Gasteiger partial charge in [-0.1, -0.05) is 31.3 Å². The maximum absolute atomic E-state index is 12.2. The lowest BCUT2D eigenvalue weighted by Crippen LogP contribution is -2.37. The number of ether oxygens (including phenoxy) is 1. The van der Waals surface area contributed by atoms with Gasteiger partial charge in [0.25, 0.3) is 0 Å². The summed E-state index contributed by atoms with van der Waals surface area (Å²) < 4.78 is 32.0. The number of benzene rings is 1. The molecule has 0 amide bonds. The fourth-order valence-electron chi connectivity index (χ4n) is 1.71. The number of hydrogen-bond acceptors (Lipinski definition) is 4. The highest BCUT2D eigenvalue weighted by molar-refractivity contribution is 7.89. The molecule has 1 aromatic carbocycles. The molecule has 0 aliphatic rings. The molecule has 0 aliphatic heterocycles. The van der Waals surface area contributed by atoms with Crippen LogP contribution in [0.1, 0.15) is 18.9 Å². The van der Waals surface area contributed by atoms with Gasteiger partial charge in [0.05, 0.1) is 16.5 Å². The molecule has 0 spiro atoms. The van der Waals surface area contributed by atoms with Crippen molar-refractivity contribution in [3.63, 3.8) is 0 Å². The van der Waals surface area contributed by atoms with Gasteiger partial charge in [-0.05, 0) is 24.1 Å². The number of nitrogens with one attached hydrogen (secondary N) is 1. The number of methoxy groups -OCH3 is 1. The molecule has 0 bridgehead atoms. The van der Waals surface area contributed by atoms with E-state index in [9.17, 15) is 8.42 Å². The average molecular weight is 316 g/mol. The Morgan fingerprint density at radius 2 is 2.00 bits per heavy atom. The van der Waals surface area contributed by atoms with Crippen molar-refractivity contribution < 1.29 is 13.2 Å². The zero-order valence-electron chi connectivity index (χ0n) is 11.6. The van der Waals surface area contributed by atoms with Crippen LogP contribution in [0.4, 0.5) is 0 Å². The molecule has 1 aromatic rings. The van der Waals surface area contributed by atoms with Crippen molar-refractivity contribution in [2.75, 3.05) is 13.7 Å². The second-order valence-electron chi connectivity index (χ2n) is 4.47. The Hall–Kier alpha value is -1.02. The lowest BCUT2D eigenvalue weighted by molar-refractivity contribution is 0.173. The van der Waals surface area contributed by atoms with E-state index in [-0.39, 0.29) is 10.9 Å². The van der Waals surface area contributed by atoms with Crippen molar-refractivity contribution in [1.29, 1.82) is 0 Å². The van der Waals surface area contributed by atoms with Crippen LogP contribution in [0, 0.1) is 0 Å². The number of sulfonamides is 1. The summed E-state index contributed by atoms with van der Waals surface area (Å²) in [4.78, 5) is 0.601. The zero-order valence-corrected chi connectivity index (χ0v) is 13.3. The van der Waals surface area contributed by atoms with Gasteiger partial charge in [0, 0.05) is 19.6 Å². The third-order valence-corrected chi connectivity index (χ3v) is 4.48. The van der Waals surface area contributed by atoms with Crippen molar-refractivity contribution in [2.45, 2.75) is 30.7 Å². The molecule has 0 heterocycles. The highest BCUT2D eigenvalue weighted by Crippen LogP contribution is 2.12. The Morgan fingerprint density at radius 3 is 2.45 bits per heavy atom. The Bertz CT molecular complexity index is 541. The second kappa shape index (κ2) is 7.68. The minimum atomic E-state index is -3.53. The molecule has 0 saturated heterocycles. The van der Waals surface area contributed by atoms with Crippen molar-refractivity contribution in [3.8, 4) is 0 Å². The Labute approximate surface area is 125 Å². The minimum Gasteiger partial charge on any atom is -0.393 e. The third-order valence-electron chi connectivity index (χ3n) is 2.79. The van der Waals surface area contributed by atoms with Gasteiger partial charge in [-0.3, -0.25) is 0 Å². The molecule has 1 rings (SSSR count). The summed E-state index contributed by atoms with van der Waals surface area (Å²) in [5.74, 6) is 0. The molecule has 7 heteroatoms. The molecule has 112 valence electrons. The first-order chi connectivity index (χ1) is 9.39. The Kier molecular flexibility index (Phi) is 6.54. The first-order valence-electron chi connectivity index (χ1n) is 6.27. The molecular formula is C13H20N2O3S2. The van der Waals surface area contributed by atoms with E-state index >= 15 is 0 Å². The van der Waals surface area contributed by atoms with E-state index in [0.29, 0.717) is 24.4 Å². The predicted molar refractivity (Wildman–Crippen MR) is 83.2 cm³/mol. The highest BCUT2D eigenvalue weighted by atomic mass is 32.2. The standard InChI is InChI=1S/C13H20N2O3S2/c1-3-11(9-18-2)15-20(16,17)12-6-4-10(5-7-12)8-13(14)19/h4-7,11,15H,3,8-9H2,1-2H3,(H2,14,19). The Morgan fingerprint density at radius 1 is 1.40 bits per heavy atom. The van der Waals surface area contributed by atoms with Crippen LogP contribution in [-0.2, 0) is 21.2 Å². The summed E-state index contributed by atoms with van der Waals surface area (Å²) in [7, 11) is -1.99. The van der Waals surface area contributed by atoms with Crippen molar-refractivity contribution in [1.82, 2.24) is 4.72 Å². The number of hydrogen-bond donors (Lipinski definition) is 2. The summed E-state index contributed by atoms with van der Waals surface area (Å²) in [6, 6.07) is 6.29. The van der Waals surface area contributed by atoms with Gasteiger partial charge in [0.15, 0.2) is 0 Å². The van der Waals surface area contributed by atoms with E-state index in [4.69, 9.17) is 22.7 Å². The monoisotopic (exact) mass is 316 g/mol. The molecule has 5 nitrogen and oxygen atoms in total. The van der Waals surface area contributed by atoms with Crippen LogP contribution < -0.4 is 10.5 Å². The molecule has 0 aliphatic carbocycles. The molecule has 1 unspecified atom stereocenters. The first-order valence-corrected chi connectivity index (χ1v) is 8.16. The van der Waals surface area contributed by atoms with Gasteiger partial charge < -0.3 is 10.5 Å². The normalized spacial score (nSPS) is 13.1. The van der Waals surface area contributed by atoms with Crippen LogP contribution in [0.3, 0.4) is 0 Å². The lowest BCUT2D eigenvalue weighted by Gasteiger charge is -2.16. The molecular weight excluding hydrogens is 296 g/mol. The van der Waals surface area contributed by atoms with Gasteiger partial charge in [0.1, 0.15) is 0 Å². The third kappa shape index (κ3) is 5.16. The fraction of sp³-hybridized carbons (Fsp3) is 0.462. The van der Waals surface area contributed by atoms with E-state index in [1.165, 1.54) is 0 Å². The van der Waals surface area contributed by atoms with Crippen LogP contribution in [0.25, 0.3) is 0 Å². The van der Waals surface area contributed by atoms with Crippen LogP contribution >= 0.6 is 12.2 Å². The summed E-state index contributed by atoms with van der Waals surface area (Å²) in [6.07, 6.45) is 1.12. The van der Waals surface area contributed by atoms with E-state index in [0.717, 1.165) is 5.56 Å². The zero-order chi connectivity index (χ0) is 15.2. The summed E-state index contributed by atoms with van der Waals surface area (Å²) in [5, 5.41) is 0. The Balaban J connectivity index is 2.84. The maximum atomic E-state index is 12.2. The van der Waals surface area contributed by atoms with E-state index in [2.05, 4.69) is 4.72 Å². The highest BCUT2D eigenvalue weighted by Gasteiger charge is 2.18. The van der Waals surface area contributed by atoms with Crippen LogP contribution in [0.5, 0.6) is 0 Å². The van der Waals surface area contributed by atoms with Crippen LogP contribution in [0.15, 0.2) is 29.2 Å². The fourth-order valence-corrected chi connectivity index (χ4v) is 3.18. The van der Waals surface area contributed by atoms with E-state index < -0.39 is 10.0 Å². The van der Waals surface area contributed by atoms with E-state index in [1.807, 2.05) is 6.92 Å². The topological polar surface area (TPSA) is 81.4 Å². The summed E-state index contributed by atoms with van der Waals surface area (Å²) in [6.45, 7) is 2.24. The van der Waals surface area contributed by atoms with Crippen LogP contribution in [0.2, 0.25) is 0 Å². The quantitative estimate of drug-likeness (QED) is 0.705. The first kappa shape index (κ1) is 17.0. The van der Waals surface area contributed by atoms with Gasteiger partial charge in [-0.25, -0.2) is 13.1 Å².